The molecular formula is C26H24N4O4. The number of phenols is 1. The average Bonchev–Trinajstić information content (AvgIpc) is 2.89. The fraction of sp³-hybridized carbons (Fsp3) is 0.115. The molecule has 0 saturated heterocycles. The second kappa shape index (κ2) is 10.4. The number of hydrogen-bond donors (Lipinski definition) is 2. The van der Waals surface area contributed by atoms with Crippen LogP contribution in [0.25, 0.3) is 0 Å². The third kappa shape index (κ3) is 5.07. The number of rotatable bonds is 8. The van der Waals surface area contributed by atoms with E-state index in [0.717, 1.165) is 0 Å². The summed E-state index contributed by atoms with van der Waals surface area (Å²) in [7, 11) is 3.01. The summed E-state index contributed by atoms with van der Waals surface area (Å²) in [4.78, 5) is 23.7. The minimum absolute atomic E-state index is 0.133. The molecular weight excluding hydrogens is 432 g/mol. The van der Waals surface area contributed by atoms with E-state index in [4.69, 9.17) is 9.47 Å². The van der Waals surface area contributed by atoms with Gasteiger partial charge in [-0.3, -0.25) is 4.79 Å². The Kier molecular flexibility index (Phi) is 6.88. The number of benzene rings is 3. The summed E-state index contributed by atoms with van der Waals surface area (Å²) in [6.07, 6.45) is 0. The molecule has 1 heterocycles. The van der Waals surface area contributed by atoms with Crippen molar-refractivity contribution in [2.24, 2.45) is 0 Å². The lowest BCUT2D eigenvalue weighted by atomic mass is 10.1. The molecule has 0 aliphatic heterocycles. The van der Waals surface area contributed by atoms with Gasteiger partial charge in [-0.15, -0.1) is 0 Å². The monoisotopic (exact) mass is 456 g/mol. The minimum Gasteiger partial charge on any atom is -0.508 e. The van der Waals surface area contributed by atoms with Crippen molar-refractivity contribution >= 4 is 23.2 Å². The van der Waals surface area contributed by atoms with Gasteiger partial charge < -0.3 is 24.8 Å². The number of hydrogen-bond acceptors (Lipinski definition) is 7. The quantitative estimate of drug-likeness (QED) is 0.393. The molecule has 0 radical (unpaired) electrons. The maximum Gasteiger partial charge on any atom is 0.255 e. The number of nitrogens with one attached hydrogen (secondary N) is 1. The van der Waals surface area contributed by atoms with Crippen LogP contribution in [0.5, 0.6) is 17.5 Å². The predicted molar refractivity (Wildman–Crippen MR) is 130 cm³/mol. The summed E-state index contributed by atoms with van der Waals surface area (Å²) < 4.78 is 10.7. The summed E-state index contributed by atoms with van der Waals surface area (Å²) in [5, 5.41) is 13.4. The third-order valence-corrected chi connectivity index (χ3v) is 5.13. The van der Waals surface area contributed by atoms with Gasteiger partial charge in [-0.2, -0.15) is 9.97 Å². The Morgan fingerprint density at radius 2 is 1.50 bits per heavy atom. The summed E-state index contributed by atoms with van der Waals surface area (Å²) in [6.45, 7) is 0.223. The van der Waals surface area contributed by atoms with Crippen molar-refractivity contribution in [3.05, 3.63) is 96.1 Å². The van der Waals surface area contributed by atoms with E-state index in [2.05, 4.69) is 15.3 Å². The Labute approximate surface area is 197 Å². The summed E-state index contributed by atoms with van der Waals surface area (Å²) in [6, 6.07) is 24.9. The number of aromatic nitrogens is 2. The van der Waals surface area contributed by atoms with Gasteiger partial charge in [0.05, 0.1) is 38.2 Å². The highest BCUT2D eigenvalue weighted by Crippen LogP contribution is 2.35. The number of ether oxygens (including phenoxy) is 2. The maximum absolute atomic E-state index is 12.9. The lowest BCUT2D eigenvalue weighted by molar-refractivity contribution is 0.102. The van der Waals surface area contributed by atoms with E-state index in [1.54, 1.807) is 41.3 Å². The largest absolute Gasteiger partial charge is 0.508 e. The number of nitrogens with zero attached hydrogens (tertiary/aromatic N) is 3. The lowest BCUT2D eigenvalue weighted by Gasteiger charge is -2.26. The van der Waals surface area contributed by atoms with Crippen molar-refractivity contribution in [1.29, 1.82) is 0 Å². The molecule has 2 N–H and O–H groups in total. The first-order valence-corrected chi connectivity index (χ1v) is 10.6. The SMILES string of the molecule is COc1cc(OC)nc(N(Cc2ccccc2O)c2ccccc2NC(=O)c2ccccc2)n1. The van der Waals surface area contributed by atoms with E-state index in [-0.39, 0.29) is 24.1 Å². The maximum atomic E-state index is 12.9. The van der Waals surface area contributed by atoms with Crippen molar-refractivity contribution in [2.75, 3.05) is 24.4 Å². The lowest BCUT2D eigenvalue weighted by Crippen LogP contribution is -2.22. The van der Waals surface area contributed by atoms with Gasteiger partial charge in [0.2, 0.25) is 17.7 Å². The van der Waals surface area contributed by atoms with Crippen molar-refractivity contribution in [3.63, 3.8) is 0 Å². The summed E-state index contributed by atoms with van der Waals surface area (Å²) in [5.74, 6) is 0.790. The van der Waals surface area contributed by atoms with E-state index in [1.165, 1.54) is 14.2 Å². The molecule has 172 valence electrons. The zero-order valence-corrected chi connectivity index (χ0v) is 18.8. The van der Waals surface area contributed by atoms with Crippen LogP contribution in [0.3, 0.4) is 0 Å². The highest BCUT2D eigenvalue weighted by molar-refractivity contribution is 6.06. The Morgan fingerprint density at radius 1 is 0.882 bits per heavy atom. The van der Waals surface area contributed by atoms with E-state index < -0.39 is 0 Å². The summed E-state index contributed by atoms with van der Waals surface area (Å²) in [5.41, 5.74) is 2.36. The molecule has 1 amide bonds. The van der Waals surface area contributed by atoms with Gasteiger partial charge in [0.15, 0.2) is 0 Å². The van der Waals surface area contributed by atoms with Crippen molar-refractivity contribution < 1.29 is 19.4 Å². The highest BCUT2D eigenvalue weighted by Gasteiger charge is 2.21. The van der Waals surface area contributed by atoms with E-state index in [0.29, 0.717) is 34.3 Å². The van der Waals surface area contributed by atoms with Gasteiger partial charge >= 0.3 is 0 Å². The second-order valence-electron chi connectivity index (χ2n) is 7.30. The van der Waals surface area contributed by atoms with Gasteiger partial charge in [0.25, 0.3) is 5.91 Å². The van der Waals surface area contributed by atoms with Gasteiger partial charge in [0, 0.05) is 11.1 Å². The fourth-order valence-electron chi connectivity index (χ4n) is 3.40. The number of aromatic hydroxyl groups is 1. The fourth-order valence-corrected chi connectivity index (χ4v) is 3.40. The molecule has 0 spiro atoms. The number of carbonyl (C=O) groups excluding carboxylic acids is 1. The van der Waals surface area contributed by atoms with Crippen LogP contribution in [-0.4, -0.2) is 35.2 Å². The standard InChI is InChI=1S/C26H24N4O4/c1-33-23-16-24(34-2)29-26(28-23)30(17-19-12-6-9-15-22(19)31)21-14-8-7-13-20(21)27-25(32)18-10-4-3-5-11-18/h3-16,31H,17H2,1-2H3,(H,27,32). The van der Waals surface area contributed by atoms with Crippen LogP contribution in [-0.2, 0) is 6.54 Å². The van der Waals surface area contributed by atoms with Crippen LogP contribution in [0, 0.1) is 0 Å². The molecule has 0 atom stereocenters. The minimum atomic E-state index is -0.250. The normalized spacial score (nSPS) is 10.4. The number of amides is 1. The van der Waals surface area contributed by atoms with E-state index in [9.17, 15) is 9.90 Å². The molecule has 4 rings (SSSR count). The number of para-hydroxylation sites is 3. The Balaban J connectivity index is 1.80. The zero-order valence-electron chi connectivity index (χ0n) is 18.8. The molecule has 8 nitrogen and oxygen atoms in total. The molecule has 34 heavy (non-hydrogen) atoms. The van der Waals surface area contributed by atoms with E-state index in [1.807, 2.05) is 48.5 Å². The van der Waals surface area contributed by atoms with E-state index >= 15 is 0 Å². The topological polar surface area (TPSA) is 96.8 Å². The number of carbonyl (C=O) groups is 1. The number of anilines is 3. The highest BCUT2D eigenvalue weighted by atomic mass is 16.5. The van der Waals surface area contributed by atoms with Crippen LogP contribution < -0.4 is 19.7 Å². The van der Waals surface area contributed by atoms with Gasteiger partial charge in [-0.1, -0.05) is 48.5 Å². The molecule has 0 fully saturated rings. The van der Waals surface area contributed by atoms with Gasteiger partial charge in [0.1, 0.15) is 5.75 Å². The number of phenolic OH excluding ortho intramolecular Hbond substituents is 1. The zero-order chi connectivity index (χ0) is 23.9. The van der Waals surface area contributed by atoms with Crippen molar-refractivity contribution in [2.45, 2.75) is 6.54 Å². The molecule has 0 aliphatic carbocycles. The average molecular weight is 457 g/mol. The predicted octanol–water partition coefficient (Wildman–Crippen LogP) is 4.79. The number of methoxy groups -OCH3 is 2. The second-order valence-corrected chi connectivity index (χ2v) is 7.30. The first kappa shape index (κ1) is 22.6. The molecule has 0 aliphatic rings. The molecule has 0 bridgehead atoms. The van der Waals surface area contributed by atoms with Crippen LogP contribution in [0.2, 0.25) is 0 Å². The molecule has 8 heteroatoms. The molecule has 3 aromatic carbocycles. The molecule has 0 saturated carbocycles. The van der Waals surface area contributed by atoms with Gasteiger partial charge in [-0.25, -0.2) is 0 Å². The Morgan fingerprint density at radius 3 is 2.18 bits per heavy atom. The van der Waals surface area contributed by atoms with Gasteiger partial charge in [-0.05, 0) is 30.3 Å². The van der Waals surface area contributed by atoms with Crippen LogP contribution in [0.1, 0.15) is 15.9 Å². The Hall–Kier alpha value is -4.59. The molecule has 4 aromatic rings. The van der Waals surface area contributed by atoms with Crippen LogP contribution in [0.15, 0.2) is 84.9 Å². The molecule has 1 aromatic heterocycles. The van der Waals surface area contributed by atoms with Crippen molar-refractivity contribution in [3.8, 4) is 17.5 Å². The van der Waals surface area contributed by atoms with Crippen molar-refractivity contribution in [1.82, 2.24) is 9.97 Å². The third-order valence-electron chi connectivity index (χ3n) is 5.13. The van der Waals surface area contributed by atoms with Crippen LogP contribution in [0.4, 0.5) is 17.3 Å². The first-order valence-electron chi connectivity index (χ1n) is 10.6. The van der Waals surface area contributed by atoms with Crippen LogP contribution >= 0.6 is 0 Å². The summed E-state index contributed by atoms with van der Waals surface area (Å²) >= 11 is 0. The Bertz CT molecular complexity index is 1260. The first-order chi connectivity index (χ1) is 16.6. The smallest absolute Gasteiger partial charge is 0.255 e. The molecule has 0 unspecified atom stereocenters.